The highest BCUT2D eigenvalue weighted by molar-refractivity contribution is 6.00. The molecule has 1 saturated heterocycles. The Hall–Kier alpha value is -4.21. The number of ether oxygens (including phenoxy) is 2. The normalized spacial score (nSPS) is 15.0. The number of carbonyl (C=O) groups excluding carboxylic acids is 5. The summed E-state index contributed by atoms with van der Waals surface area (Å²) in [6.07, 6.45) is -0.0647. The van der Waals surface area contributed by atoms with E-state index in [1.165, 1.54) is 4.90 Å². The Morgan fingerprint density at radius 1 is 0.939 bits per heavy atom. The number of nitrogens with one attached hydrogen (secondary N) is 2. The van der Waals surface area contributed by atoms with E-state index in [4.69, 9.17) is 9.47 Å². The third-order valence-electron chi connectivity index (χ3n) is 4.85. The van der Waals surface area contributed by atoms with Crippen molar-refractivity contribution < 1.29 is 33.4 Å². The standard InChI is InChI=1S/C23H23N3O7/c1-2-32-22(30)16-8-10-18(11-9-16)26-13-17(12-20(26)28)23(31)33-14-19(27)24-25-21(29)15-6-4-3-5-7-15/h3-11,17H,2,12-14H2,1H3,(H,24,27)(H,25,29)/t17-/m1/s1. The van der Waals surface area contributed by atoms with E-state index in [2.05, 4.69) is 10.9 Å². The maximum absolute atomic E-state index is 12.4. The van der Waals surface area contributed by atoms with Crippen molar-refractivity contribution >= 4 is 35.3 Å². The second-order valence-corrected chi connectivity index (χ2v) is 7.15. The Balaban J connectivity index is 1.46. The summed E-state index contributed by atoms with van der Waals surface area (Å²) in [5.41, 5.74) is 5.63. The first-order valence-corrected chi connectivity index (χ1v) is 10.3. The highest BCUT2D eigenvalue weighted by Gasteiger charge is 2.36. The lowest BCUT2D eigenvalue weighted by Crippen LogP contribution is -2.43. The van der Waals surface area contributed by atoms with Gasteiger partial charge >= 0.3 is 11.9 Å². The van der Waals surface area contributed by atoms with Gasteiger partial charge in [-0.2, -0.15) is 0 Å². The molecule has 0 aliphatic carbocycles. The van der Waals surface area contributed by atoms with E-state index in [1.807, 2.05) is 0 Å². The van der Waals surface area contributed by atoms with Crippen LogP contribution in [0.25, 0.3) is 0 Å². The van der Waals surface area contributed by atoms with Crippen molar-refractivity contribution in [3.63, 3.8) is 0 Å². The van der Waals surface area contributed by atoms with Crippen LogP contribution >= 0.6 is 0 Å². The summed E-state index contributed by atoms with van der Waals surface area (Å²) in [4.78, 5) is 61.6. The molecule has 1 fully saturated rings. The smallest absolute Gasteiger partial charge is 0.338 e. The minimum Gasteiger partial charge on any atom is -0.462 e. The fourth-order valence-corrected chi connectivity index (χ4v) is 3.19. The van der Waals surface area contributed by atoms with Gasteiger partial charge in [0.15, 0.2) is 6.61 Å². The number of hydrogen-bond donors (Lipinski definition) is 2. The molecule has 0 aromatic heterocycles. The molecule has 0 radical (unpaired) electrons. The van der Waals surface area contributed by atoms with Crippen molar-refractivity contribution in [2.45, 2.75) is 13.3 Å². The molecule has 2 aromatic rings. The molecule has 0 bridgehead atoms. The zero-order valence-electron chi connectivity index (χ0n) is 17.9. The number of hydrazine groups is 1. The summed E-state index contributed by atoms with van der Waals surface area (Å²) < 4.78 is 9.92. The molecule has 1 aliphatic heterocycles. The Morgan fingerprint density at radius 2 is 1.64 bits per heavy atom. The second-order valence-electron chi connectivity index (χ2n) is 7.15. The molecule has 2 N–H and O–H groups in total. The van der Waals surface area contributed by atoms with Crippen LogP contribution in [0.15, 0.2) is 54.6 Å². The van der Waals surface area contributed by atoms with Gasteiger partial charge in [0.1, 0.15) is 0 Å². The van der Waals surface area contributed by atoms with Crippen molar-refractivity contribution in [1.82, 2.24) is 10.9 Å². The summed E-state index contributed by atoms with van der Waals surface area (Å²) >= 11 is 0. The van der Waals surface area contributed by atoms with Crippen LogP contribution in [0.1, 0.15) is 34.1 Å². The minimum atomic E-state index is -0.742. The van der Waals surface area contributed by atoms with Crippen molar-refractivity contribution in [2.24, 2.45) is 5.92 Å². The Kier molecular flexibility index (Phi) is 7.74. The highest BCUT2D eigenvalue weighted by Crippen LogP contribution is 2.26. The number of carbonyl (C=O) groups is 5. The minimum absolute atomic E-state index is 0.0647. The molecule has 2 aromatic carbocycles. The number of benzene rings is 2. The van der Waals surface area contributed by atoms with Gasteiger partial charge in [-0.3, -0.25) is 30.0 Å². The van der Waals surface area contributed by atoms with Crippen LogP contribution in [0.4, 0.5) is 5.69 Å². The van der Waals surface area contributed by atoms with Gasteiger partial charge in [0.25, 0.3) is 11.8 Å². The van der Waals surface area contributed by atoms with E-state index >= 15 is 0 Å². The third kappa shape index (κ3) is 6.16. The summed E-state index contributed by atoms with van der Waals surface area (Å²) in [5, 5.41) is 0. The molecule has 3 amide bonds. The zero-order chi connectivity index (χ0) is 23.8. The molecule has 10 heteroatoms. The van der Waals surface area contributed by atoms with Crippen molar-refractivity contribution in [3.8, 4) is 0 Å². The summed E-state index contributed by atoms with van der Waals surface area (Å²) in [6.45, 7) is 1.45. The first-order valence-electron chi connectivity index (χ1n) is 10.3. The van der Waals surface area contributed by atoms with Gasteiger partial charge < -0.3 is 14.4 Å². The van der Waals surface area contributed by atoms with Crippen LogP contribution in [-0.4, -0.2) is 49.4 Å². The molecule has 172 valence electrons. The monoisotopic (exact) mass is 453 g/mol. The molecule has 10 nitrogen and oxygen atoms in total. The SMILES string of the molecule is CCOC(=O)c1ccc(N2C[C@H](C(=O)OCC(=O)NNC(=O)c3ccccc3)CC2=O)cc1. The van der Waals surface area contributed by atoms with Gasteiger partial charge in [-0.25, -0.2) is 4.79 Å². The van der Waals surface area contributed by atoms with Crippen molar-refractivity contribution in [1.29, 1.82) is 0 Å². The van der Waals surface area contributed by atoms with E-state index in [-0.39, 0.29) is 25.5 Å². The average Bonchev–Trinajstić information content (AvgIpc) is 3.23. The van der Waals surface area contributed by atoms with Gasteiger partial charge in [0, 0.05) is 24.2 Å². The number of nitrogens with zero attached hydrogens (tertiary/aromatic N) is 1. The molecule has 0 spiro atoms. The average molecular weight is 453 g/mol. The molecule has 0 saturated carbocycles. The molecule has 1 heterocycles. The molecule has 33 heavy (non-hydrogen) atoms. The fourth-order valence-electron chi connectivity index (χ4n) is 3.19. The molecular formula is C23H23N3O7. The van der Waals surface area contributed by atoms with E-state index < -0.39 is 36.3 Å². The fraction of sp³-hybridized carbons (Fsp3) is 0.261. The quantitative estimate of drug-likeness (QED) is 0.476. The van der Waals surface area contributed by atoms with Crippen molar-refractivity contribution in [3.05, 3.63) is 65.7 Å². The van der Waals surface area contributed by atoms with Crippen LogP contribution in [0.2, 0.25) is 0 Å². The summed E-state index contributed by atoms with van der Waals surface area (Å²) in [6, 6.07) is 14.5. The van der Waals surface area contributed by atoms with Crippen LogP contribution in [-0.2, 0) is 23.9 Å². The van der Waals surface area contributed by atoms with E-state index in [9.17, 15) is 24.0 Å². The van der Waals surface area contributed by atoms with E-state index in [1.54, 1.807) is 61.5 Å². The van der Waals surface area contributed by atoms with Gasteiger partial charge in [0.05, 0.1) is 18.1 Å². The van der Waals surface area contributed by atoms with Crippen molar-refractivity contribution in [2.75, 3.05) is 24.7 Å². The lowest BCUT2D eigenvalue weighted by Gasteiger charge is -2.17. The molecular weight excluding hydrogens is 430 g/mol. The van der Waals surface area contributed by atoms with Gasteiger partial charge in [-0.1, -0.05) is 18.2 Å². The second kappa shape index (κ2) is 10.9. The topological polar surface area (TPSA) is 131 Å². The van der Waals surface area contributed by atoms with E-state index in [0.717, 1.165) is 0 Å². The largest absolute Gasteiger partial charge is 0.462 e. The predicted molar refractivity (Wildman–Crippen MR) is 116 cm³/mol. The van der Waals surface area contributed by atoms with Crippen LogP contribution in [0.5, 0.6) is 0 Å². The first-order chi connectivity index (χ1) is 15.9. The Labute approximate surface area is 189 Å². The van der Waals surface area contributed by atoms with Gasteiger partial charge in [0.2, 0.25) is 5.91 Å². The van der Waals surface area contributed by atoms with Crippen LogP contribution in [0, 0.1) is 5.92 Å². The molecule has 1 aliphatic rings. The Bertz CT molecular complexity index is 1040. The van der Waals surface area contributed by atoms with E-state index in [0.29, 0.717) is 16.8 Å². The van der Waals surface area contributed by atoms with Gasteiger partial charge in [-0.15, -0.1) is 0 Å². The van der Waals surface area contributed by atoms with Crippen LogP contribution < -0.4 is 15.8 Å². The summed E-state index contributed by atoms with van der Waals surface area (Å²) in [7, 11) is 0. The predicted octanol–water partition coefficient (Wildman–Crippen LogP) is 1.22. The lowest BCUT2D eigenvalue weighted by atomic mass is 10.1. The number of anilines is 1. The number of esters is 2. The van der Waals surface area contributed by atoms with Crippen LogP contribution in [0.3, 0.4) is 0 Å². The highest BCUT2D eigenvalue weighted by atomic mass is 16.5. The Morgan fingerprint density at radius 3 is 2.30 bits per heavy atom. The number of amides is 3. The number of rotatable bonds is 7. The van der Waals surface area contributed by atoms with Gasteiger partial charge in [-0.05, 0) is 43.3 Å². The number of hydrogen-bond acceptors (Lipinski definition) is 7. The molecule has 3 rings (SSSR count). The maximum Gasteiger partial charge on any atom is 0.338 e. The first kappa shape index (κ1) is 23.5. The summed E-state index contributed by atoms with van der Waals surface area (Å²) in [5.74, 6) is -3.41. The zero-order valence-corrected chi connectivity index (χ0v) is 17.9. The lowest BCUT2D eigenvalue weighted by molar-refractivity contribution is -0.152. The maximum atomic E-state index is 12.4. The molecule has 1 atom stereocenters. The third-order valence-corrected chi connectivity index (χ3v) is 4.85. The molecule has 0 unspecified atom stereocenters.